The minimum absolute atomic E-state index is 0.189. The first kappa shape index (κ1) is 20.8. The van der Waals surface area contributed by atoms with Crippen molar-refractivity contribution in [3.8, 4) is 5.69 Å². The lowest BCUT2D eigenvalue weighted by molar-refractivity contribution is -0.143. The number of hydrogen-bond acceptors (Lipinski definition) is 4. The van der Waals surface area contributed by atoms with Crippen LogP contribution in [0, 0.1) is 6.92 Å². The highest BCUT2D eigenvalue weighted by Gasteiger charge is 2.41. The zero-order valence-corrected chi connectivity index (χ0v) is 16.1. The van der Waals surface area contributed by atoms with Crippen molar-refractivity contribution in [2.75, 3.05) is 39.9 Å². The van der Waals surface area contributed by atoms with Crippen molar-refractivity contribution >= 4 is 11.8 Å². The van der Waals surface area contributed by atoms with Gasteiger partial charge < -0.3 is 14.5 Å². The SMILES string of the molecule is Cc1ccc(-n2ncc(C(=O)N(C)CC(=O)N3CCOCC3)c2C(F)(F)F)cc1. The highest BCUT2D eigenvalue weighted by atomic mass is 19.4. The molecule has 3 rings (SSSR count). The molecule has 0 unspecified atom stereocenters. The fourth-order valence-electron chi connectivity index (χ4n) is 3.05. The fourth-order valence-corrected chi connectivity index (χ4v) is 3.05. The first-order chi connectivity index (χ1) is 13.7. The minimum Gasteiger partial charge on any atom is -0.378 e. The fraction of sp³-hybridized carbons (Fsp3) is 0.421. The number of hydrogen-bond donors (Lipinski definition) is 0. The Hall–Kier alpha value is -2.88. The number of aryl methyl sites for hydroxylation is 1. The summed E-state index contributed by atoms with van der Waals surface area (Å²) in [4.78, 5) is 27.5. The number of rotatable bonds is 4. The van der Waals surface area contributed by atoms with E-state index >= 15 is 0 Å². The van der Waals surface area contributed by atoms with Gasteiger partial charge in [-0.15, -0.1) is 0 Å². The largest absolute Gasteiger partial charge is 0.434 e. The molecule has 0 bridgehead atoms. The quantitative estimate of drug-likeness (QED) is 0.775. The second kappa shape index (κ2) is 8.24. The average Bonchev–Trinajstić information content (AvgIpc) is 3.14. The molecular weight excluding hydrogens is 389 g/mol. The van der Waals surface area contributed by atoms with E-state index in [1.54, 1.807) is 12.1 Å². The molecule has 0 N–H and O–H groups in total. The lowest BCUT2D eigenvalue weighted by atomic mass is 10.2. The van der Waals surface area contributed by atoms with Crippen molar-refractivity contribution in [1.82, 2.24) is 19.6 Å². The van der Waals surface area contributed by atoms with Gasteiger partial charge >= 0.3 is 6.18 Å². The van der Waals surface area contributed by atoms with Gasteiger partial charge in [0.1, 0.15) is 0 Å². The van der Waals surface area contributed by atoms with Gasteiger partial charge in [-0.1, -0.05) is 17.7 Å². The summed E-state index contributed by atoms with van der Waals surface area (Å²) in [5.74, 6) is -1.26. The van der Waals surface area contributed by atoms with E-state index in [4.69, 9.17) is 4.74 Å². The second-order valence-electron chi connectivity index (χ2n) is 6.81. The van der Waals surface area contributed by atoms with Crippen LogP contribution in [0.2, 0.25) is 0 Å². The van der Waals surface area contributed by atoms with Crippen LogP contribution in [0.25, 0.3) is 5.69 Å². The molecule has 0 saturated carbocycles. The second-order valence-corrected chi connectivity index (χ2v) is 6.81. The van der Waals surface area contributed by atoms with Gasteiger partial charge in [-0.2, -0.15) is 18.3 Å². The summed E-state index contributed by atoms with van der Waals surface area (Å²) < 4.78 is 47.2. The molecule has 0 radical (unpaired) electrons. The van der Waals surface area contributed by atoms with E-state index in [0.717, 1.165) is 16.7 Å². The number of likely N-dealkylation sites (N-methyl/N-ethyl adjacent to an activating group) is 1. The van der Waals surface area contributed by atoms with E-state index < -0.39 is 23.3 Å². The number of amides is 2. The van der Waals surface area contributed by atoms with Gasteiger partial charge in [0.25, 0.3) is 5.91 Å². The summed E-state index contributed by atoms with van der Waals surface area (Å²) in [6, 6.07) is 6.31. The first-order valence-electron chi connectivity index (χ1n) is 9.01. The van der Waals surface area contributed by atoms with Crippen molar-refractivity contribution in [3.05, 3.63) is 47.3 Å². The van der Waals surface area contributed by atoms with Gasteiger partial charge in [-0.3, -0.25) is 9.59 Å². The summed E-state index contributed by atoms with van der Waals surface area (Å²) in [6.45, 7) is 3.05. The molecule has 0 atom stereocenters. The lowest BCUT2D eigenvalue weighted by Gasteiger charge is -2.28. The maximum absolute atomic E-state index is 13.8. The normalized spacial score (nSPS) is 14.7. The molecule has 2 aromatic rings. The third kappa shape index (κ3) is 4.58. The van der Waals surface area contributed by atoms with Crippen LogP contribution in [-0.4, -0.2) is 71.3 Å². The molecule has 1 aliphatic rings. The van der Waals surface area contributed by atoms with Crippen molar-refractivity contribution in [2.45, 2.75) is 13.1 Å². The van der Waals surface area contributed by atoms with Crippen LogP contribution in [-0.2, 0) is 15.7 Å². The van der Waals surface area contributed by atoms with Gasteiger partial charge in [0, 0.05) is 20.1 Å². The molecule has 1 aliphatic heterocycles. The zero-order chi connectivity index (χ0) is 21.2. The van der Waals surface area contributed by atoms with Crippen molar-refractivity contribution in [3.63, 3.8) is 0 Å². The minimum atomic E-state index is -4.80. The maximum Gasteiger partial charge on any atom is 0.434 e. The number of ether oxygens (including phenoxy) is 1. The van der Waals surface area contributed by atoms with Crippen molar-refractivity contribution < 1.29 is 27.5 Å². The summed E-state index contributed by atoms with van der Waals surface area (Å²) in [5.41, 5.74) is -0.700. The summed E-state index contributed by atoms with van der Waals surface area (Å²) in [5, 5.41) is 3.79. The molecule has 2 heterocycles. The van der Waals surface area contributed by atoms with E-state index in [2.05, 4.69) is 5.10 Å². The number of nitrogens with zero attached hydrogens (tertiary/aromatic N) is 4. The molecular formula is C19H21F3N4O3. The Bertz CT molecular complexity index is 887. The van der Waals surface area contributed by atoms with Crippen LogP contribution in [0.1, 0.15) is 21.6 Å². The van der Waals surface area contributed by atoms with Crippen LogP contribution < -0.4 is 0 Å². The summed E-state index contributed by atoms with van der Waals surface area (Å²) in [6.07, 6.45) is -3.91. The monoisotopic (exact) mass is 410 g/mol. The molecule has 7 nitrogen and oxygen atoms in total. The number of benzene rings is 1. The van der Waals surface area contributed by atoms with Crippen LogP contribution in [0.15, 0.2) is 30.5 Å². The molecule has 156 valence electrons. The number of aromatic nitrogens is 2. The molecule has 1 aromatic heterocycles. The predicted molar refractivity (Wildman–Crippen MR) is 97.7 cm³/mol. The Morgan fingerprint density at radius 3 is 2.38 bits per heavy atom. The van der Waals surface area contributed by atoms with Gasteiger partial charge in [-0.25, -0.2) is 4.68 Å². The van der Waals surface area contributed by atoms with Gasteiger partial charge in [0.2, 0.25) is 5.91 Å². The third-order valence-electron chi connectivity index (χ3n) is 4.63. The highest BCUT2D eigenvalue weighted by Crippen LogP contribution is 2.34. The van der Waals surface area contributed by atoms with Gasteiger partial charge in [0.15, 0.2) is 5.69 Å². The van der Waals surface area contributed by atoms with E-state index in [0.29, 0.717) is 31.0 Å². The zero-order valence-electron chi connectivity index (χ0n) is 16.1. The Labute approximate surface area is 165 Å². The number of halogens is 3. The lowest BCUT2D eigenvalue weighted by Crippen LogP contribution is -2.46. The van der Waals surface area contributed by atoms with Crippen LogP contribution in [0.5, 0.6) is 0 Å². The Morgan fingerprint density at radius 2 is 1.79 bits per heavy atom. The highest BCUT2D eigenvalue weighted by molar-refractivity contribution is 5.97. The van der Waals surface area contributed by atoms with E-state index in [9.17, 15) is 22.8 Å². The molecule has 1 saturated heterocycles. The number of carbonyl (C=O) groups is 2. The van der Waals surface area contributed by atoms with Gasteiger partial charge in [-0.05, 0) is 19.1 Å². The number of alkyl halides is 3. The molecule has 0 spiro atoms. The summed E-state index contributed by atoms with van der Waals surface area (Å²) in [7, 11) is 1.30. The molecule has 2 amide bonds. The predicted octanol–water partition coefficient (Wildman–Crippen LogP) is 2.13. The number of carbonyl (C=O) groups excluding carboxylic acids is 2. The van der Waals surface area contributed by atoms with E-state index in [-0.39, 0.29) is 18.1 Å². The standard InChI is InChI=1S/C19H21F3N4O3/c1-13-3-5-14(6-4-13)26-17(19(20,21)22)15(11-23-26)18(28)24(2)12-16(27)25-7-9-29-10-8-25/h3-6,11H,7-10,12H2,1-2H3. The van der Waals surface area contributed by atoms with E-state index in [1.807, 2.05) is 6.92 Å². The first-order valence-corrected chi connectivity index (χ1v) is 9.01. The molecule has 10 heteroatoms. The average molecular weight is 410 g/mol. The molecule has 29 heavy (non-hydrogen) atoms. The van der Waals surface area contributed by atoms with Crippen LogP contribution >= 0.6 is 0 Å². The topological polar surface area (TPSA) is 67.7 Å². The number of morpholine rings is 1. The molecule has 1 aromatic carbocycles. The summed E-state index contributed by atoms with van der Waals surface area (Å²) >= 11 is 0. The maximum atomic E-state index is 13.8. The van der Waals surface area contributed by atoms with Crippen molar-refractivity contribution in [1.29, 1.82) is 0 Å². The Morgan fingerprint density at radius 1 is 1.17 bits per heavy atom. The van der Waals surface area contributed by atoms with Gasteiger partial charge in [0.05, 0.1) is 37.2 Å². The molecule has 0 aliphatic carbocycles. The van der Waals surface area contributed by atoms with E-state index in [1.165, 1.54) is 24.1 Å². The Balaban J connectivity index is 1.86. The van der Waals surface area contributed by atoms with Crippen LogP contribution in [0.3, 0.4) is 0 Å². The van der Waals surface area contributed by atoms with Crippen LogP contribution in [0.4, 0.5) is 13.2 Å². The molecule has 1 fully saturated rings. The Kier molecular flexibility index (Phi) is 5.92. The third-order valence-corrected chi connectivity index (χ3v) is 4.63. The smallest absolute Gasteiger partial charge is 0.378 e. The van der Waals surface area contributed by atoms with Crippen molar-refractivity contribution in [2.24, 2.45) is 0 Å².